The zero-order valence-corrected chi connectivity index (χ0v) is 21.1. The normalized spacial score (nSPS) is 13.0. The van der Waals surface area contributed by atoms with Crippen LogP contribution in [-0.4, -0.2) is 36.5 Å². The van der Waals surface area contributed by atoms with Crippen LogP contribution in [0.5, 0.6) is 11.5 Å². The van der Waals surface area contributed by atoms with Gasteiger partial charge in [-0.1, -0.05) is 30.3 Å². The summed E-state index contributed by atoms with van der Waals surface area (Å²) in [5.41, 5.74) is 10.0. The lowest BCUT2D eigenvalue weighted by atomic mass is 10.0. The third-order valence-electron chi connectivity index (χ3n) is 6.73. The number of nitrogens with two attached hydrogens (primary N) is 1. The fraction of sp³-hybridized carbons (Fsp3) is 0.103. The van der Waals surface area contributed by atoms with Crippen molar-refractivity contribution in [1.82, 2.24) is 29.9 Å². The van der Waals surface area contributed by atoms with Gasteiger partial charge in [0.2, 0.25) is 5.95 Å². The number of ether oxygens (including phenoxy) is 1. The predicted octanol–water partition coefficient (Wildman–Crippen LogP) is 5.42. The van der Waals surface area contributed by atoms with E-state index in [0.29, 0.717) is 39.5 Å². The number of rotatable bonds is 7. The van der Waals surface area contributed by atoms with Gasteiger partial charge in [-0.2, -0.15) is 5.10 Å². The zero-order chi connectivity index (χ0) is 27.2. The van der Waals surface area contributed by atoms with Gasteiger partial charge in [-0.05, 0) is 54.8 Å². The number of hydrogen-bond donors (Lipinski definition) is 4. The van der Waals surface area contributed by atoms with Crippen LogP contribution in [0.4, 0.5) is 21.8 Å². The molecule has 3 heterocycles. The summed E-state index contributed by atoms with van der Waals surface area (Å²) in [6.07, 6.45) is 4.98. The van der Waals surface area contributed by atoms with Crippen molar-refractivity contribution in [1.29, 1.82) is 0 Å². The van der Waals surface area contributed by atoms with Crippen molar-refractivity contribution in [3.8, 4) is 22.6 Å². The van der Waals surface area contributed by atoms with Crippen molar-refractivity contribution in [3.63, 3.8) is 0 Å². The first-order chi connectivity index (χ1) is 19.5. The minimum atomic E-state index is -0.533. The van der Waals surface area contributed by atoms with Gasteiger partial charge in [0.1, 0.15) is 23.1 Å². The number of nitrogens with zero attached hydrogens (tertiary/aromatic N) is 4. The molecule has 1 aliphatic rings. The van der Waals surface area contributed by atoms with Gasteiger partial charge in [-0.15, -0.1) is 0 Å². The summed E-state index contributed by atoms with van der Waals surface area (Å²) in [5.74, 6) is 0.575. The van der Waals surface area contributed by atoms with Gasteiger partial charge in [0.05, 0.1) is 11.1 Å². The molecule has 0 atom stereocenters. The van der Waals surface area contributed by atoms with E-state index >= 15 is 4.39 Å². The van der Waals surface area contributed by atoms with Crippen molar-refractivity contribution < 1.29 is 13.9 Å². The monoisotopic (exact) mass is 534 g/mol. The Bertz CT molecular complexity index is 1880. The predicted molar refractivity (Wildman–Crippen MR) is 149 cm³/mol. The van der Waals surface area contributed by atoms with Gasteiger partial charge in [0, 0.05) is 23.5 Å². The molecule has 1 aliphatic carbocycles. The molecule has 40 heavy (non-hydrogen) atoms. The lowest BCUT2D eigenvalue weighted by Gasteiger charge is -2.08. The van der Waals surface area contributed by atoms with Crippen LogP contribution in [0.15, 0.2) is 79.3 Å². The molecule has 10 nitrogen and oxygen atoms in total. The Labute approximate surface area is 227 Å². The zero-order valence-electron chi connectivity index (χ0n) is 21.1. The third kappa shape index (κ3) is 4.33. The molecular formula is C29H23FN8O2. The lowest BCUT2D eigenvalue weighted by Crippen LogP contribution is -2.25. The second kappa shape index (κ2) is 9.38. The van der Waals surface area contributed by atoms with E-state index in [2.05, 4.69) is 30.7 Å². The summed E-state index contributed by atoms with van der Waals surface area (Å²) in [6.45, 7) is 0. The Morgan fingerprint density at radius 2 is 1.88 bits per heavy atom. The summed E-state index contributed by atoms with van der Waals surface area (Å²) >= 11 is 0. The molecule has 3 aromatic heterocycles. The molecule has 3 aromatic carbocycles. The number of H-pyrrole nitrogens is 1. The fourth-order valence-corrected chi connectivity index (χ4v) is 4.63. The van der Waals surface area contributed by atoms with E-state index in [1.165, 1.54) is 6.33 Å². The molecule has 0 bridgehead atoms. The Morgan fingerprint density at radius 3 is 2.65 bits per heavy atom. The average molecular weight is 535 g/mol. The number of fused-ring (bicyclic) bond motifs is 2. The van der Waals surface area contributed by atoms with Crippen LogP contribution >= 0.6 is 0 Å². The fourth-order valence-electron chi connectivity index (χ4n) is 4.63. The van der Waals surface area contributed by atoms with Crippen molar-refractivity contribution in [3.05, 3.63) is 90.6 Å². The van der Waals surface area contributed by atoms with E-state index in [1.54, 1.807) is 35.0 Å². The van der Waals surface area contributed by atoms with E-state index in [0.717, 1.165) is 18.4 Å². The van der Waals surface area contributed by atoms with Gasteiger partial charge < -0.3 is 26.1 Å². The number of benzene rings is 3. The van der Waals surface area contributed by atoms with E-state index in [9.17, 15) is 4.79 Å². The van der Waals surface area contributed by atoms with Crippen LogP contribution in [0.1, 0.15) is 23.2 Å². The van der Waals surface area contributed by atoms with Gasteiger partial charge >= 0.3 is 0 Å². The molecule has 11 heteroatoms. The van der Waals surface area contributed by atoms with Gasteiger partial charge in [-0.3, -0.25) is 4.79 Å². The maximum Gasteiger partial charge on any atom is 0.253 e. The van der Waals surface area contributed by atoms with E-state index in [1.807, 2.05) is 42.5 Å². The summed E-state index contributed by atoms with van der Waals surface area (Å²) in [6, 6.07) is 19.9. The molecule has 7 rings (SSSR count). The van der Waals surface area contributed by atoms with Crippen LogP contribution in [0.3, 0.4) is 0 Å². The van der Waals surface area contributed by atoms with Crippen LogP contribution in [0.2, 0.25) is 0 Å². The number of nitrogen functional groups attached to an aromatic ring is 1. The van der Waals surface area contributed by atoms with E-state index < -0.39 is 5.82 Å². The Kier molecular flexibility index (Phi) is 5.55. The van der Waals surface area contributed by atoms with Gasteiger partial charge in [0.15, 0.2) is 17.4 Å². The Morgan fingerprint density at radius 1 is 1.07 bits per heavy atom. The van der Waals surface area contributed by atoms with Crippen LogP contribution in [0.25, 0.3) is 27.7 Å². The number of nitrogens with one attached hydrogen (secondary N) is 3. The molecule has 0 unspecified atom stereocenters. The highest BCUT2D eigenvalue weighted by Gasteiger charge is 2.27. The largest absolute Gasteiger partial charge is 0.454 e. The van der Waals surface area contributed by atoms with Crippen LogP contribution < -0.4 is 21.1 Å². The number of aromatic amines is 1. The second-order valence-corrected chi connectivity index (χ2v) is 9.58. The highest BCUT2D eigenvalue weighted by Crippen LogP contribution is 2.35. The van der Waals surface area contributed by atoms with Gasteiger partial charge in [0.25, 0.3) is 5.91 Å². The number of anilines is 3. The molecule has 6 aromatic rings. The molecule has 5 N–H and O–H groups in total. The van der Waals surface area contributed by atoms with Crippen molar-refractivity contribution >= 4 is 39.9 Å². The Balaban J connectivity index is 1.17. The number of amides is 1. The number of aromatic nitrogens is 5. The van der Waals surface area contributed by atoms with Crippen molar-refractivity contribution in [2.45, 2.75) is 18.9 Å². The molecule has 0 saturated heterocycles. The van der Waals surface area contributed by atoms with Gasteiger partial charge in [-0.25, -0.2) is 18.9 Å². The average Bonchev–Trinajstić information content (AvgIpc) is 3.53. The summed E-state index contributed by atoms with van der Waals surface area (Å²) in [5, 5.41) is 10.4. The summed E-state index contributed by atoms with van der Waals surface area (Å²) in [7, 11) is 0. The lowest BCUT2D eigenvalue weighted by molar-refractivity contribution is 0.0951. The maximum atomic E-state index is 15.2. The SMILES string of the molecule is Nc1ncnn2cc(C(=O)NC3CC3)c(-c3ccc(Nc4nc5ccc(Oc6ccccc6)c(F)c5[nH]4)cc3)c12. The number of imidazole rings is 1. The second-order valence-electron chi connectivity index (χ2n) is 9.58. The molecular weight excluding hydrogens is 511 g/mol. The summed E-state index contributed by atoms with van der Waals surface area (Å²) < 4.78 is 22.4. The van der Waals surface area contributed by atoms with Crippen LogP contribution in [0, 0.1) is 5.82 Å². The maximum absolute atomic E-state index is 15.2. The summed E-state index contributed by atoms with van der Waals surface area (Å²) in [4.78, 5) is 24.6. The first-order valence-corrected chi connectivity index (χ1v) is 12.7. The van der Waals surface area contributed by atoms with Crippen molar-refractivity contribution in [2.24, 2.45) is 0 Å². The number of carbonyl (C=O) groups excluding carboxylic acids is 1. The molecule has 0 aliphatic heterocycles. The topological polar surface area (TPSA) is 135 Å². The Hall–Kier alpha value is -5.45. The quantitative estimate of drug-likeness (QED) is 0.215. The molecule has 0 spiro atoms. The minimum absolute atomic E-state index is 0.0998. The molecule has 0 radical (unpaired) electrons. The smallest absolute Gasteiger partial charge is 0.253 e. The molecule has 198 valence electrons. The van der Waals surface area contributed by atoms with E-state index in [-0.39, 0.29) is 29.0 Å². The highest BCUT2D eigenvalue weighted by atomic mass is 19.1. The van der Waals surface area contributed by atoms with Crippen LogP contribution in [-0.2, 0) is 0 Å². The number of carbonyl (C=O) groups is 1. The standard InChI is InChI=1S/C29H23FN8O2/c30-24-22(40-19-4-2-1-3-5-19)13-12-21-25(24)37-29(36-21)35-18-8-6-16(7-9-18)23-20(28(39)34-17-10-11-17)14-38-26(23)27(31)32-15-33-38/h1-9,12-15,17H,10-11H2,(H,34,39)(H2,31,32,33)(H2,35,36,37). The number of para-hydroxylation sites is 1. The number of halogens is 1. The first kappa shape index (κ1) is 23.7. The van der Waals surface area contributed by atoms with E-state index in [4.69, 9.17) is 10.5 Å². The third-order valence-corrected chi connectivity index (χ3v) is 6.73. The molecule has 1 amide bonds. The molecule has 1 saturated carbocycles. The first-order valence-electron chi connectivity index (χ1n) is 12.7. The highest BCUT2D eigenvalue weighted by molar-refractivity contribution is 6.07. The van der Waals surface area contributed by atoms with Crippen molar-refractivity contribution in [2.75, 3.05) is 11.1 Å². The minimum Gasteiger partial charge on any atom is -0.454 e. The number of hydrogen-bond acceptors (Lipinski definition) is 7. The molecule has 1 fully saturated rings.